The Kier molecular flexibility index (Phi) is 7.37. The van der Waals surface area contributed by atoms with E-state index in [0.717, 1.165) is 17.8 Å². The van der Waals surface area contributed by atoms with Gasteiger partial charge >= 0.3 is 12.2 Å². The number of hydrogen-bond donors (Lipinski definition) is 1. The van der Waals surface area contributed by atoms with E-state index in [-0.39, 0.29) is 17.8 Å². The van der Waals surface area contributed by atoms with Crippen molar-refractivity contribution in [2.45, 2.75) is 19.5 Å². The Morgan fingerprint density at radius 1 is 1.17 bits per heavy atom. The maximum absolute atomic E-state index is 12.7. The molecule has 8 nitrogen and oxygen atoms in total. The van der Waals surface area contributed by atoms with Gasteiger partial charge in [-0.25, -0.2) is 9.78 Å². The molecule has 0 saturated carbocycles. The fourth-order valence-corrected chi connectivity index (χ4v) is 3.75. The molecule has 188 valence electrons. The number of alkyl halides is 3. The van der Waals surface area contributed by atoms with E-state index in [2.05, 4.69) is 20.3 Å². The Morgan fingerprint density at radius 2 is 2.00 bits per heavy atom. The van der Waals surface area contributed by atoms with Gasteiger partial charge < -0.3 is 14.4 Å². The van der Waals surface area contributed by atoms with Crippen molar-refractivity contribution in [2.24, 2.45) is 5.92 Å². The summed E-state index contributed by atoms with van der Waals surface area (Å²) in [6, 6.07) is 9.07. The van der Waals surface area contributed by atoms with E-state index in [1.807, 2.05) is 19.1 Å². The number of nitrogens with zero attached hydrogens (tertiary/aromatic N) is 4. The number of hydrogen-bond acceptors (Lipinski definition) is 6. The van der Waals surface area contributed by atoms with Crippen LogP contribution in [0.4, 0.5) is 23.8 Å². The van der Waals surface area contributed by atoms with Crippen molar-refractivity contribution < 1.29 is 27.4 Å². The van der Waals surface area contributed by atoms with Crippen molar-refractivity contribution in [3.8, 4) is 17.5 Å². The number of pyridine rings is 1. The lowest BCUT2D eigenvalue weighted by molar-refractivity contribution is -0.137. The van der Waals surface area contributed by atoms with Crippen LogP contribution in [0.25, 0.3) is 6.08 Å². The molecular formula is C25H24F3N5O3. The average molecular weight is 499 g/mol. The van der Waals surface area contributed by atoms with Gasteiger partial charge in [0.2, 0.25) is 11.8 Å². The summed E-state index contributed by atoms with van der Waals surface area (Å²) in [4.78, 5) is 26.3. The van der Waals surface area contributed by atoms with Gasteiger partial charge in [0.05, 0.1) is 25.1 Å². The first-order valence-corrected chi connectivity index (χ1v) is 11.1. The minimum Gasteiger partial charge on any atom is -0.480 e. The molecule has 0 bridgehead atoms. The second-order valence-electron chi connectivity index (χ2n) is 8.25. The molecule has 0 spiro atoms. The molecule has 3 heterocycles. The number of carbonyl (C=O) groups is 1. The summed E-state index contributed by atoms with van der Waals surface area (Å²) >= 11 is 0. The second-order valence-corrected chi connectivity index (χ2v) is 8.25. The number of ether oxygens (including phenoxy) is 2. The number of rotatable bonds is 5. The van der Waals surface area contributed by atoms with Crippen LogP contribution < -0.4 is 14.8 Å². The van der Waals surface area contributed by atoms with Gasteiger partial charge in [0.15, 0.2) is 5.82 Å². The minimum absolute atomic E-state index is 0.0706. The van der Waals surface area contributed by atoms with Crippen molar-refractivity contribution >= 4 is 17.9 Å². The van der Waals surface area contributed by atoms with Gasteiger partial charge in [-0.05, 0) is 36.1 Å². The molecule has 11 heteroatoms. The van der Waals surface area contributed by atoms with Crippen LogP contribution in [0.1, 0.15) is 24.5 Å². The molecule has 1 atom stereocenters. The highest BCUT2D eigenvalue weighted by atomic mass is 19.4. The van der Waals surface area contributed by atoms with Gasteiger partial charge in [-0.15, -0.1) is 0 Å². The molecule has 1 N–H and O–H groups in total. The van der Waals surface area contributed by atoms with Crippen LogP contribution in [-0.2, 0) is 6.18 Å². The highest BCUT2D eigenvalue weighted by molar-refractivity contribution is 5.88. The summed E-state index contributed by atoms with van der Waals surface area (Å²) < 4.78 is 48.8. The molecule has 1 aromatic carbocycles. The maximum atomic E-state index is 12.7. The number of halogens is 3. The predicted molar refractivity (Wildman–Crippen MR) is 127 cm³/mol. The smallest absolute Gasteiger partial charge is 0.417 e. The van der Waals surface area contributed by atoms with E-state index >= 15 is 0 Å². The number of anilines is 1. The monoisotopic (exact) mass is 499 g/mol. The fourth-order valence-electron chi connectivity index (χ4n) is 3.75. The number of benzene rings is 1. The van der Waals surface area contributed by atoms with Gasteiger partial charge in [-0.2, -0.15) is 18.2 Å². The van der Waals surface area contributed by atoms with E-state index in [0.29, 0.717) is 37.0 Å². The van der Waals surface area contributed by atoms with Crippen LogP contribution in [-0.4, -0.2) is 46.1 Å². The van der Waals surface area contributed by atoms with Gasteiger partial charge in [0.1, 0.15) is 5.75 Å². The molecule has 4 rings (SSSR count). The standard InChI is InChI=1S/C25H24F3N5O3/c1-16-15-33(24(34)32-21-13-29-14-23(31-21)35-2)9-8-18(16)10-17-4-3-5-20(11-17)36-22-7-6-19(12-30-22)25(26,27)28/h3-7,10-14,16H,8-9,15H2,1-2H3,(H,31,32,34). The normalized spacial score (nSPS) is 17.1. The van der Waals surface area contributed by atoms with E-state index in [1.165, 1.54) is 31.1 Å². The van der Waals surface area contributed by atoms with Crippen molar-refractivity contribution in [2.75, 3.05) is 25.5 Å². The number of carbonyl (C=O) groups excluding carboxylic acids is 1. The third-order valence-corrected chi connectivity index (χ3v) is 5.64. The van der Waals surface area contributed by atoms with Crippen molar-refractivity contribution in [3.63, 3.8) is 0 Å². The summed E-state index contributed by atoms with van der Waals surface area (Å²) in [6.45, 7) is 3.11. The topological polar surface area (TPSA) is 89.5 Å². The van der Waals surface area contributed by atoms with E-state index in [9.17, 15) is 18.0 Å². The molecule has 2 aromatic heterocycles. The number of aromatic nitrogens is 3. The lowest BCUT2D eigenvalue weighted by atomic mass is 9.91. The summed E-state index contributed by atoms with van der Waals surface area (Å²) in [7, 11) is 1.48. The number of methoxy groups -OCH3 is 1. The summed E-state index contributed by atoms with van der Waals surface area (Å²) in [5.41, 5.74) is 1.22. The molecule has 1 fully saturated rings. The third-order valence-electron chi connectivity index (χ3n) is 5.64. The molecule has 0 radical (unpaired) electrons. The zero-order valence-corrected chi connectivity index (χ0v) is 19.6. The van der Waals surface area contributed by atoms with E-state index in [4.69, 9.17) is 9.47 Å². The first kappa shape index (κ1) is 25.0. The summed E-state index contributed by atoms with van der Waals surface area (Å²) in [5, 5.41) is 2.74. The lowest BCUT2D eigenvalue weighted by Gasteiger charge is -2.33. The van der Waals surface area contributed by atoms with Crippen LogP contribution >= 0.6 is 0 Å². The van der Waals surface area contributed by atoms with Gasteiger partial charge in [-0.3, -0.25) is 10.3 Å². The number of nitrogens with one attached hydrogen (secondary N) is 1. The van der Waals surface area contributed by atoms with Crippen LogP contribution in [0.3, 0.4) is 0 Å². The number of urea groups is 1. The Hall–Kier alpha value is -4.15. The molecule has 1 aliphatic heterocycles. The third kappa shape index (κ3) is 6.29. The highest BCUT2D eigenvalue weighted by Gasteiger charge is 2.30. The number of amides is 2. The average Bonchev–Trinajstić information content (AvgIpc) is 2.85. The number of likely N-dealkylation sites (tertiary alicyclic amines) is 1. The zero-order chi connectivity index (χ0) is 25.7. The van der Waals surface area contributed by atoms with Crippen molar-refractivity contribution in [1.82, 2.24) is 19.9 Å². The molecular weight excluding hydrogens is 475 g/mol. The van der Waals surface area contributed by atoms with Gasteiger partial charge in [-0.1, -0.05) is 30.7 Å². The molecule has 2 amide bonds. The summed E-state index contributed by atoms with van der Waals surface area (Å²) in [6.07, 6.45) is 1.93. The quantitative estimate of drug-likeness (QED) is 0.488. The molecule has 1 aliphatic rings. The van der Waals surface area contributed by atoms with Gasteiger partial charge in [0, 0.05) is 25.4 Å². The number of piperidine rings is 1. The van der Waals surface area contributed by atoms with Gasteiger partial charge in [0.25, 0.3) is 0 Å². The molecule has 0 aliphatic carbocycles. The Bertz CT molecular complexity index is 1250. The zero-order valence-electron chi connectivity index (χ0n) is 19.6. The summed E-state index contributed by atoms with van der Waals surface area (Å²) in [5.74, 6) is 1.27. The molecule has 1 unspecified atom stereocenters. The van der Waals surface area contributed by atoms with Crippen LogP contribution in [0.5, 0.6) is 17.5 Å². The first-order chi connectivity index (χ1) is 17.2. The Balaban J connectivity index is 1.38. The van der Waals surface area contributed by atoms with Crippen molar-refractivity contribution in [3.05, 3.63) is 71.7 Å². The van der Waals surface area contributed by atoms with E-state index < -0.39 is 11.7 Å². The van der Waals surface area contributed by atoms with Crippen molar-refractivity contribution in [1.29, 1.82) is 0 Å². The largest absolute Gasteiger partial charge is 0.480 e. The van der Waals surface area contributed by atoms with Crippen LogP contribution in [0.15, 0.2) is 60.6 Å². The molecule has 1 saturated heterocycles. The SMILES string of the molecule is COc1cncc(NC(=O)N2CCC(=Cc3cccc(Oc4ccc(C(F)(F)F)cn4)c3)C(C)C2)n1. The highest BCUT2D eigenvalue weighted by Crippen LogP contribution is 2.31. The Morgan fingerprint density at radius 3 is 2.69 bits per heavy atom. The van der Waals surface area contributed by atoms with Crippen LogP contribution in [0.2, 0.25) is 0 Å². The van der Waals surface area contributed by atoms with Crippen LogP contribution in [0, 0.1) is 5.92 Å². The lowest BCUT2D eigenvalue weighted by Crippen LogP contribution is -2.42. The molecule has 3 aromatic rings. The van der Waals surface area contributed by atoms with E-state index in [1.54, 1.807) is 23.1 Å². The Labute approximate surface area is 205 Å². The second kappa shape index (κ2) is 10.6. The fraction of sp³-hybridized carbons (Fsp3) is 0.280. The molecule has 36 heavy (non-hydrogen) atoms. The predicted octanol–water partition coefficient (Wildman–Crippen LogP) is 5.65. The first-order valence-electron chi connectivity index (χ1n) is 11.1. The maximum Gasteiger partial charge on any atom is 0.417 e. The minimum atomic E-state index is -4.45.